The highest BCUT2D eigenvalue weighted by Gasteiger charge is 2.48. The van der Waals surface area contributed by atoms with E-state index in [-0.39, 0.29) is 0 Å². The van der Waals surface area contributed by atoms with E-state index in [1.54, 1.807) is 0 Å². The van der Waals surface area contributed by atoms with Crippen LogP contribution in [0.5, 0.6) is 0 Å². The minimum absolute atomic E-state index is 0.323. The third kappa shape index (κ3) is 1.49. The van der Waals surface area contributed by atoms with E-state index in [9.17, 15) is 0 Å². The maximum atomic E-state index is 4.39. The van der Waals surface area contributed by atoms with Gasteiger partial charge in [-0.1, -0.05) is 39.0 Å². The molecule has 0 nitrogen and oxygen atoms in total. The summed E-state index contributed by atoms with van der Waals surface area (Å²) in [5.74, 6) is 1.45. The Morgan fingerprint density at radius 3 is 2.33 bits per heavy atom. The molecule has 2 bridgehead atoms. The molecule has 2 saturated carbocycles. The minimum Gasteiger partial charge on any atom is -0.103 e. The molecule has 0 aliphatic heterocycles. The summed E-state index contributed by atoms with van der Waals surface area (Å²) >= 11 is 0. The van der Waals surface area contributed by atoms with Gasteiger partial charge in [0.15, 0.2) is 0 Å². The zero-order valence-corrected chi connectivity index (χ0v) is 10.5. The zero-order valence-electron chi connectivity index (χ0n) is 10.5. The normalized spacial score (nSPS) is 43.8. The molecule has 0 spiro atoms. The van der Waals surface area contributed by atoms with Crippen LogP contribution < -0.4 is 0 Å². The zero-order chi connectivity index (χ0) is 11.3. The number of rotatable bonds is 1. The summed E-state index contributed by atoms with van der Waals surface area (Å²) in [6.07, 6.45) is 7.45. The molecule has 2 aliphatic rings. The maximum Gasteiger partial charge on any atom is -0.00836 e. The number of fused-ring (bicyclic) bond motifs is 2. The summed E-state index contributed by atoms with van der Waals surface area (Å²) in [6.45, 7) is 15.6. The van der Waals surface area contributed by atoms with Crippen LogP contribution in [-0.4, -0.2) is 0 Å². The van der Waals surface area contributed by atoms with Gasteiger partial charge in [0.2, 0.25) is 0 Å². The van der Waals surface area contributed by atoms with Gasteiger partial charge in [-0.15, -0.1) is 6.58 Å². The van der Waals surface area contributed by atoms with Gasteiger partial charge in [-0.2, -0.15) is 0 Å². The summed E-state index contributed by atoms with van der Waals surface area (Å²) in [6, 6.07) is 0. The second-order valence-electron chi connectivity index (χ2n) is 6.46. The van der Waals surface area contributed by atoms with Crippen molar-refractivity contribution in [2.24, 2.45) is 22.7 Å². The van der Waals surface area contributed by atoms with Crippen LogP contribution in [0.3, 0.4) is 0 Å². The molecule has 2 rings (SSSR count). The molecule has 0 radical (unpaired) electrons. The van der Waals surface area contributed by atoms with Gasteiger partial charge in [0, 0.05) is 0 Å². The van der Waals surface area contributed by atoms with Gasteiger partial charge in [-0.05, 0) is 48.3 Å². The van der Waals surface area contributed by atoms with Crippen LogP contribution in [-0.2, 0) is 0 Å². The van der Waals surface area contributed by atoms with E-state index in [1.807, 2.05) is 0 Å². The van der Waals surface area contributed by atoms with Gasteiger partial charge in [0.25, 0.3) is 0 Å². The first-order chi connectivity index (χ1) is 6.91. The van der Waals surface area contributed by atoms with Gasteiger partial charge in [0.05, 0.1) is 0 Å². The van der Waals surface area contributed by atoms with Crippen molar-refractivity contribution in [2.75, 3.05) is 0 Å². The lowest BCUT2D eigenvalue weighted by Gasteiger charge is -2.54. The fraction of sp³-hybridized carbons (Fsp3) is 0.733. The molecule has 2 aliphatic carbocycles. The maximum absolute atomic E-state index is 4.39. The monoisotopic (exact) mass is 204 g/mol. The summed E-state index contributed by atoms with van der Waals surface area (Å²) in [5, 5.41) is 0. The van der Waals surface area contributed by atoms with Crippen LogP contribution in [0.2, 0.25) is 0 Å². The van der Waals surface area contributed by atoms with Crippen molar-refractivity contribution in [3.05, 3.63) is 24.8 Å². The van der Waals surface area contributed by atoms with Crippen LogP contribution in [0.25, 0.3) is 0 Å². The molecule has 0 aromatic carbocycles. The predicted molar refractivity (Wildman–Crippen MR) is 66.7 cm³/mol. The van der Waals surface area contributed by atoms with Crippen LogP contribution in [0.4, 0.5) is 0 Å². The Hall–Kier alpha value is -0.520. The smallest absolute Gasteiger partial charge is 0.00836 e. The topological polar surface area (TPSA) is 0 Å². The molecule has 15 heavy (non-hydrogen) atoms. The lowest BCUT2D eigenvalue weighted by Crippen LogP contribution is -2.44. The molecule has 0 heteroatoms. The molecular formula is C15H24. The van der Waals surface area contributed by atoms with Crippen LogP contribution >= 0.6 is 0 Å². The van der Waals surface area contributed by atoms with E-state index in [4.69, 9.17) is 0 Å². The second kappa shape index (κ2) is 3.23. The van der Waals surface area contributed by atoms with Crippen molar-refractivity contribution < 1.29 is 0 Å². The highest BCUT2D eigenvalue weighted by atomic mass is 14.5. The number of allylic oxidation sites excluding steroid dienone is 2. The van der Waals surface area contributed by atoms with E-state index >= 15 is 0 Å². The van der Waals surface area contributed by atoms with Crippen LogP contribution in [0.1, 0.15) is 46.5 Å². The minimum atomic E-state index is 0.323. The lowest BCUT2D eigenvalue weighted by molar-refractivity contribution is 0.0561. The number of hydrogen-bond donors (Lipinski definition) is 0. The summed E-state index contributed by atoms with van der Waals surface area (Å²) in [7, 11) is 0. The SMILES string of the molecule is C=C[C@@]1(C)CC[C@@H]2C(=C)[C@H]1CCC2(C)C. The Kier molecular flexibility index (Phi) is 2.37. The average molecular weight is 204 g/mol. The Bertz CT molecular complexity index is 297. The third-order valence-corrected chi connectivity index (χ3v) is 5.15. The van der Waals surface area contributed by atoms with Gasteiger partial charge in [-0.3, -0.25) is 0 Å². The van der Waals surface area contributed by atoms with Crippen molar-refractivity contribution in [3.63, 3.8) is 0 Å². The van der Waals surface area contributed by atoms with Crippen molar-refractivity contribution in [1.82, 2.24) is 0 Å². The fourth-order valence-electron chi connectivity index (χ4n) is 3.82. The standard InChI is InChI=1S/C15H24/c1-6-15(5)10-8-12-11(2)13(15)7-9-14(12,3)4/h6,12-13H,1-2,7-10H2,3-5H3/t12-,13-,15+/m1/s1. The van der Waals surface area contributed by atoms with Crippen molar-refractivity contribution >= 4 is 0 Å². The predicted octanol–water partition coefficient (Wildman–Crippen LogP) is 4.58. The van der Waals surface area contributed by atoms with Crippen molar-refractivity contribution in [3.8, 4) is 0 Å². The van der Waals surface area contributed by atoms with Crippen LogP contribution in [0.15, 0.2) is 24.8 Å². The molecule has 0 aromatic heterocycles. The first kappa shape index (κ1) is 11.0. The van der Waals surface area contributed by atoms with Crippen molar-refractivity contribution in [1.29, 1.82) is 0 Å². The van der Waals surface area contributed by atoms with Gasteiger partial charge < -0.3 is 0 Å². The largest absolute Gasteiger partial charge is 0.103 e. The van der Waals surface area contributed by atoms with E-state index in [2.05, 4.69) is 40.0 Å². The molecule has 84 valence electrons. The molecule has 2 fully saturated rings. The average Bonchev–Trinajstić information content (AvgIpc) is 2.15. The quantitative estimate of drug-likeness (QED) is 0.548. The van der Waals surface area contributed by atoms with Crippen molar-refractivity contribution in [2.45, 2.75) is 46.5 Å². The molecule has 0 amide bonds. The highest BCUT2D eigenvalue weighted by Crippen LogP contribution is 2.58. The molecule has 3 atom stereocenters. The first-order valence-corrected chi connectivity index (χ1v) is 6.23. The second-order valence-corrected chi connectivity index (χ2v) is 6.46. The Morgan fingerprint density at radius 1 is 1.13 bits per heavy atom. The van der Waals surface area contributed by atoms with E-state index in [0.29, 0.717) is 16.7 Å². The Morgan fingerprint density at radius 2 is 1.73 bits per heavy atom. The third-order valence-electron chi connectivity index (χ3n) is 5.15. The first-order valence-electron chi connectivity index (χ1n) is 6.23. The lowest BCUT2D eigenvalue weighted by atomic mass is 9.51. The van der Waals surface area contributed by atoms with Crippen LogP contribution in [0, 0.1) is 22.7 Å². The molecular weight excluding hydrogens is 180 g/mol. The van der Waals surface area contributed by atoms with Gasteiger partial charge in [-0.25, -0.2) is 0 Å². The molecule has 0 unspecified atom stereocenters. The summed E-state index contributed by atoms with van der Waals surface area (Å²) < 4.78 is 0. The fourth-order valence-corrected chi connectivity index (χ4v) is 3.82. The van der Waals surface area contributed by atoms with E-state index in [0.717, 1.165) is 5.92 Å². The van der Waals surface area contributed by atoms with E-state index < -0.39 is 0 Å². The Balaban J connectivity index is 2.31. The summed E-state index contributed by atoms with van der Waals surface area (Å²) in [5.41, 5.74) is 2.32. The molecule has 0 saturated heterocycles. The Labute approximate surface area is 94.5 Å². The van der Waals surface area contributed by atoms with Gasteiger partial charge in [0.1, 0.15) is 0 Å². The van der Waals surface area contributed by atoms with Gasteiger partial charge >= 0.3 is 0 Å². The molecule has 0 N–H and O–H groups in total. The number of hydrogen-bond acceptors (Lipinski definition) is 0. The van der Waals surface area contributed by atoms with E-state index in [1.165, 1.54) is 31.3 Å². The summed E-state index contributed by atoms with van der Waals surface area (Å²) in [4.78, 5) is 0. The highest BCUT2D eigenvalue weighted by molar-refractivity contribution is 5.23. The molecule has 0 heterocycles. The molecule has 0 aromatic rings.